The first-order chi connectivity index (χ1) is 14.6. The van der Waals surface area contributed by atoms with E-state index in [0.717, 1.165) is 60.8 Å². The average Bonchev–Trinajstić information content (AvgIpc) is 3.21. The van der Waals surface area contributed by atoms with E-state index in [2.05, 4.69) is 36.0 Å². The highest BCUT2D eigenvalue weighted by Crippen LogP contribution is 2.34. The van der Waals surface area contributed by atoms with Gasteiger partial charge >= 0.3 is 5.97 Å². The molecule has 1 saturated heterocycles. The lowest BCUT2D eigenvalue weighted by atomic mass is 9.90. The quantitative estimate of drug-likeness (QED) is 0.586. The van der Waals surface area contributed by atoms with Gasteiger partial charge in [0.1, 0.15) is 11.9 Å². The summed E-state index contributed by atoms with van der Waals surface area (Å²) >= 11 is 0. The first kappa shape index (κ1) is 18.7. The largest absolute Gasteiger partial charge is 0.480 e. The number of H-pyrrole nitrogens is 1. The Bertz CT molecular complexity index is 1080. The number of carboxylic acids is 1. The van der Waals surface area contributed by atoms with Crippen LogP contribution in [0.5, 0.6) is 0 Å². The molecule has 5 rings (SSSR count). The fourth-order valence-corrected chi connectivity index (χ4v) is 4.42. The predicted molar refractivity (Wildman–Crippen MR) is 112 cm³/mol. The number of aryl methyl sites for hydroxylation is 1. The lowest BCUT2D eigenvalue weighted by Crippen LogP contribution is -2.45. The van der Waals surface area contributed by atoms with Gasteiger partial charge in [-0.25, -0.2) is 9.97 Å². The number of nitrogens with zero attached hydrogens (tertiary/aromatic N) is 6. The summed E-state index contributed by atoms with van der Waals surface area (Å²) in [5.41, 5.74) is 9.31. The lowest BCUT2D eigenvalue weighted by molar-refractivity contribution is -0.140. The fourth-order valence-electron chi connectivity index (χ4n) is 4.42. The lowest BCUT2D eigenvalue weighted by Gasteiger charge is -2.34. The van der Waals surface area contributed by atoms with Crippen molar-refractivity contribution in [2.45, 2.75) is 31.7 Å². The number of aromatic amines is 1. The number of aromatic nitrogens is 5. The molecule has 10 heteroatoms. The second-order valence-corrected chi connectivity index (χ2v) is 7.89. The van der Waals surface area contributed by atoms with Crippen molar-refractivity contribution >= 4 is 34.5 Å². The number of fused-ring (bicyclic) bond motifs is 2. The van der Waals surface area contributed by atoms with Crippen LogP contribution >= 0.6 is 0 Å². The third-order valence-electron chi connectivity index (χ3n) is 6.10. The van der Waals surface area contributed by atoms with Crippen LogP contribution in [0, 0.1) is 5.92 Å². The Morgan fingerprint density at radius 2 is 2.10 bits per heavy atom. The van der Waals surface area contributed by atoms with Crippen LogP contribution in [-0.2, 0) is 11.2 Å². The number of carboxylic acid groups (broad SMARTS) is 1. The minimum absolute atomic E-state index is 0.0121. The zero-order valence-corrected chi connectivity index (χ0v) is 16.5. The van der Waals surface area contributed by atoms with Crippen molar-refractivity contribution in [2.24, 2.45) is 11.7 Å². The Balaban J connectivity index is 1.37. The van der Waals surface area contributed by atoms with Crippen molar-refractivity contribution in [1.29, 1.82) is 0 Å². The second kappa shape index (κ2) is 7.52. The molecule has 0 radical (unpaired) electrons. The van der Waals surface area contributed by atoms with Crippen LogP contribution < -0.4 is 15.5 Å². The van der Waals surface area contributed by atoms with Crippen molar-refractivity contribution in [3.05, 3.63) is 30.2 Å². The number of pyridine rings is 1. The van der Waals surface area contributed by atoms with Gasteiger partial charge in [0.25, 0.3) is 0 Å². The summed E-state index contributed by atoms with van der Waals surface area (Å²) in [7, 11) is 0. The minimum atomic E-state index is -0.936. The van der Waals surface area contributed by atoms with E-state index in [1.165, 1.54) is 0 Å². The van der Waals surface area contributed by atoms with Gasteiger partial charge in [-0.15, -0.1) is 0 Å². The van der Waals surface area contributed by atoms with E-state index in [-0.39, 0.29) is 5.92 Å². The molecule has 0 aromatic carbocycles. The van der Waals surface area contributed by atoms with Gasteiger partial charge in [0, 0.05) is 25.8 Å². The topological polar surface area (TPSA) is 137 Å². The third-order valence-corrected chi connectivity index (χ3v) is 6.10. The minimum Gasteiger partial charge on any atom is -0.480 e. The van der Waals surface area contributed by atoms with E-state index < -0.39 is 12.0 Å². The molecule has 30 heavy (non-hydrogen) atoms. The number of rotatable bonds is 4. The molecule has 1 atom stereocenters. The van der Waals surface area contributed by atoms with Crippen molar-refractivity contribution in [2.75, 3.05) is 29.4 Å². The first-order valence-electron chi connectivity index (χ1n) is 10.3. The number of anilines is 3. The van der Waals surface area contributed by atoms with E-state index in [4.69, 9.17) is 15.8 Å². The summed E-state index contributed by atoms with van der Waals surface area (Å²) in [6.45, 7) is 2.27. The van der Waals surface area contributed by atoms with Crippen molar-refractivity contribution in [3.8, 4) is 0 Å². The van der Waals surface area contributed by atoms with Gasteiger partial charge in [0.15, 0.2) is 17.0 Å². The van der Waals surface area contributed by atoms with Gasteiger partial charge in [0.2, 0.25) is 0 Å². The molecule has 3 aromatic rings. The van der Waals surface area contributed by atoms with E-state index in [1.807, 2.05) is 12.3 Å². The van der Waals surface area contributed by atoms with E-state index >= 15 is 0 Å². The van der Waals surface area contributed by atoms with Crippen LogP contribution in [0.1, 0.15) is 25.0 Å². The standard InChI is InChI=1S/C20H24N8O2/c21-16(20(29)30)12-5-9-27(10-6-12)15-11-23-17-18(24-15)25-26-19(17)28-8-2-3-13-14(28)4-1-7-22-13/h1,4,7,11-12,16H,2-3,5-6,8-10,21H2,(H,29,30)(H,24,25,26). The molecule has 0 aliphatic carbocycles. The Morgan fingerprint density at radius 3 is 2.90 bits per heavy atom. The Kier molecular flexibility index (Phi) is 4.70. The van der Waals surface area contributed by atoms with Crippen LogP contribution in [0.2, 0.25) is 0 Å². The summed E-state index contributed by atoms with van der Waals surface area (Å²) in [5, 5.41) is 16.7. The van der Waals surface area contributed by atoms with E-state index in [9.17, 15) is 4.79 Å². The molecule has 2 aliphatic heterocycles. The molecule has 1 unspecified atom stereocenters. The zero-order chi connectivity index (χ0) is 20.7. The Morgan fingerprint density at radius 1 is 1.27 bits per heavy atom. The smallest absolute Gasteiger partial charge is 0.320 e. The molecular weight excluding hydrogens is 384 g/mol. The number of piperidine rings is 1. The maximum Gasteiger partial charge on any atom is 0.320 e. The highest BCUT2D eigenvalue weighted by Gasteiger charge is 2.29. The maximum absolute atomic E-state index is 11.1. The molecule has 2 aliphatic rings. The van der Waals surface area contributed by atoms with Crippen LogP contribution in [0.3, 0.4) is 0 Å². The summed E-state index contributed by atoms with van der Waals surface area (Å²) < 4.78 is 0. The second-order valence-electron chi connectivity index (χ2n) is 7.89. The first-order valence-corrected chi connectivity index (χ1v) is 10.3. The van der Waals surface area contributed by atoms with Gasteiger partial charge in [-0.2, -0.15) is 5.10 Å². The number of carbonyl (C=O) groups is 1. The molecule has 1 fully saturated rings. The van der Waals surface area contributed by atoms with E-state index in [0.29, 0.717) is 18.7 Å². The zero-order valence-electron chi connectivity index (χ0n) is 16.5. The number of aliphatic carboxylic acids is 1. The van der Waals surface area contributed by atoms with Gasteiger partial charge in [-0.05, 0) is 43.7 Å². The molecular formula is C20H24N8O2. The van der Waals surface area contributed by atoms with Gasteiger partial charge in [-0.3, -0.25) is 14.9 Å². The highest BCUT2D eigenvalue weighted by atomic mass is 16.4. The van der Waals surface area contributed by atoms with Crippen molar-refractivity contribution in [3.63, 3.8) is 0 Å². The molecule has 3 aromatic heterocycles. The maximum atomic E-state index is 11.1. The molecule has 0 saturated carbocycles. The van der Waals surface area contributed by atoms with Crippen molar-refractivity contribution < 1.29 is 9.90 Å². The van der Waals surface area contributed by atoms with Gasteiger partial charge < -0.3 is 20.6 Å². The normalized spacial score (nSPS) is 18.4. The molecule has 5 heterocycles. The third kappa shape index (κ3) is 3.22. The summed E-state index contributed by atoms with van der Waals surface area (Å²) in [4.78, 5) is 29.3. The number of hydrogen-bond acceptors (Lipinski definition) is 8. The molecule has 10 nitrogen and oxygen atoms in total. The van der Waals surface area contributed by atoms with E-state index in [1.54, 1.807) is 6.20 Å². The van der Waals surface area contributed by atoms with Crippen LogP contribution in [0.25, 0.3) is 11.2 Å². The predicted octanol–water partition coefficient (Wildman–Crippen LogP) is 1.46. The molecule has 0 amide bonds. The molecule has 0 bridgehead atoms. The number of nitrogens with one attached hydrogen (secondary N) is 1. The van der Waals surface area contributed by atoms with Gasteiger partial charge in [-0.1, -0.05) is 0 Å². The van der Waals surface area contributed by atoms with Crippen molar-refractivity contribution in [1.82, 2.24) is 25.1 Å². The monoisotopic (exact) mass is 408 g/mol. The molecule has 0 spiro atoms. The summed E-state index contributed by atoms with van der Waals surface area (Å²) in [6.07, 6.45) is 7.01. The SMILES string of the molecule is NC(C(=O)O)C1CCN(c2cnc3c(N4CCCc5ncccc54)n[nH]c3n2)CC1. The summed E-state index contributed by atoms with van der Waals surface area (Å²) in [5.74, 6) is 0.584. The number of hydrogen-bond donors (Lipinski definition) is 3. The average molecular weight is 408 g/mol. The summed E-state index contributed by atoms with van der Waals surface area (Å²) in [6, 6.07) is 3.20. The van der Waals surface area contributed by atoms with Crippen LogP contribution in [-0.4, -0.2) is 61.9 Å². The van der Waals surface area contributed by atoms with Crippen LogP contribution in [0.4, 0.5) is 17.3 Å². The molecule has 4 N–H and O–H groups in total. The van der Waals surface area contributed by atoms with Gasteiger partial charge in [0.05, 0.1) is 17.6 Å². The Hall–Kier alpha value is -3.27. The highest BCUT2D eigenvalue weighted by molar-refractivity contribution is 5.87. The van der Waals surface area contributed by atoms with Crippen LogP contribution in [0.15, 0.2) is 24.5 Å². The molecule has 156 valence electrons. The fraction of sp³-hybridized carbons (Fsp3) is 0.450. The Labute approximate surface area is 173 Å². The number of nitrogens with two attached hydrogens (primary N) is 1.